The van der Waals surface area contributed by atoms with Crippen molar-refractivity contribution >= 4 is 29.3 Å². The summed E-state index contributed by atoms with van der Waals surface area (Å²) in [6.45, 7) is 2.45. The van der Waals surface area contributed by atoms with E-state index >= 15 is 0 Å². The van der Waals surface area contributed by atoms with Gasteiger partial charge in [-0.1, -0.05) is 18.2 Å². The third kappa shape index (κ3) is 5.29. The molecule has 1 fully saturated rings. The van der Waals surface area contributed by atoms with Crippen molar-refractivity contribution in [2.24, 2.45) is 0 Å². The fourth-order valence-corrected chi connectivity index (χ4v) is 4.81. The van der Waals surface area contributed by atoms with Gasteiger partial charge in [-0.05, 0) is 49.2 Å². The van der Waals surface area contributed by atoms with E-state index in [-0.39, 0.29) is 34.6 Å². The second-order valence-electron chi connectivity index (χ2n) is 9.36. The Morgan fingerprint density at radius 3 is 2.64 bits per heavy atom. The fourth-order valence-electron chi connectivity index (χ4n) is 4.81. The van der Waals surface area contributed by atoms with E-state index < -0.39 is 36.5 Å². The summed E-state index contributed by atoms with van der Waals surface area (Å²) >= 11 is 0. The molecule has 0 radical (unpaired) electrons. The number of rotatable bonds is 5. The summed E-state index contributed by atoms with van der Waals surface area (Å²) in [5, 5.41) is 1.91. The minimum atomic E-state index is -4.90. The number of aryl methyl sites for hydroxylation is 1. The molecule has 3 aromatic rings. The molecule has 2 aromatic heterocycles. The van der Waals surface area contributed by atoms with Gasteiger partial charge in [-0.2, -0.15) is 13.2 Å². The van der Waals surface area contributed by atoms with E-state index in [2.05, 4.69) is 9.97 Å². The lowest BCUT2D eigenvalue weighted by Gasteiger charge is -2.35. The number of benzene rings is 1. The lowest BCUT2D eigenvalue weighted by Crippen LogP contribution is -2.49. The van der Waals surface area contributed by atoms with Gasteiger partial charge in [-0.25, -0.2) is 19.2 Å². The van der Waals surface area contributed by atoms with E-state index in [4.69, 9.17) is 10.5 Å². The van der Waals surface area contributed by atoms with E-state index in [0.717, 1.165) is 6.07 Å². The Hall–Kier alpha value is -4.42. The van der Waals surface area contributed by atoms with Crippen LogP contribution in [0.15, 0.2) is 48.5 Å². The molecule has 1 saturated heterocycles. The molecule has 2 aliphatic heterocycles. The van der Waals surface area contributed by atoms with E-state index in [0.29, 0.717) is 30.9 Å². The van der Waals surface area contributed by atoms with Crippen LogP contribution in [0.25, 0.3) is 0 Å². The number of nitrogen functional groups attached to an aromatic ring is 1. The van der Waals surface area contributed by atoms with Crippen molar-refractivity contribution < 1.29 is 31.9 Å². The van der Waals surface area contributed by atoms with Crippen molar-refractivity contribution in [3.05, 3.63) is 71.3 Å². The number of halogens is 4. The Labute approximate surface area is 220 Å². The Morgan fingerprint density at radius 2 is 1.92 bits per heavy atom. The number of alkyl halides is 3. The molecule has 2 amide bonds. The first-order valence-corrected chi connectivity index (χ1v) is 12.1. The number of pyridine rings is 2. The number of fused-ring (bicyclic) bond motifs is 4. The van der Waals surface area contributed by atoms with Crippen LogP contribution in [0.1, 0.15) is 28.2 Å². The zero-order valence-electron chi connectivity index (χ0n) is 20.7. The van der Waals surface area contributed by atoms with Gasteiger partial charge in [-0.3, -0.25) is 9.69 Å². The number of anilines is 3. The predicted molar refractivity (Wildman–Crippen MR) is 134 cm³/mol. The molecule has 4 heterocycles. The number of hydrogen-bond donors (Lipinski definition) is 2. The molecule has 1 aromatic carbocycles. The molecular weight excluding hydrogens is 520 g/mol. The smallest absolute Gasteiger partial charge is 0.410 e. The SMILES string of the molecule is Cc1nc(N)cc(C[C@@H](NC(=O)c2ccc3c(n2)N(C(=O)Oc2ccccc2)[C@H]2CCN3C2)C(F)(F)F)c1F. The Bertz CT molecular complexity index is 1420. The molecule has 2 bridgehead atoms. The normalized spacial score (nSPS) is 17.0. The van der Waals surface area contributed by atoms with Gasteiger partial charge in [0.2, 0.25) is 0 Å². The van der Waals surface area contributed by atoms with E-state index in [1.807, 2.05) is 10.2 Å². The summed E-state index contributed by atoms with van der Waals surface area (Å²) in [7, 11) is 0. The number of ether oxygens (including phenoxy) is 1. The highest BCUT2D eigenvalue weighted by Gasteiger charge is 2.43. The summed E-state index contributed by atoms with van der Waals surface area (Å²) in [5.41, 5.74) is 5.31. The maximum absolute atomic E-state index is 14.5. The number of aromatic nitrogens is 2. The number of nitrogens with two attached hydrogens (primary N) is 1. The standard InChI is InChI=1S/C26H24F4N6O3/c1-14-22(27)15(12-21(31)32-14)11-20(26(28,29)30)34-24(37)18-7-8-19-23(33-18)36(16-9-10-35(19)13-16)25(38)39-17-5-3-2-4-6-17/h2-8,12,16,20H,9-11,13H2,1H3,(H2,31,32)(H,34,37)/t16-,20+/m0/s1. The summed E-state index contributed by atoms with van der Waals surface area (Å²) < 4.78 is 61.6. The predicted octanol–water partition coefficient (Wildman–Crippen LogP) is 4.01. The van der Waals surface area contributed by atoms with Crippen molar-refractivity contribution in [3.8, 4) is 5.75 Å². The molecule has 0 saturated carbocycles. The quantitative estimate of drug-likeness (QED) is 0.467. The van der Waals surface area contributed by atoms with Crippen molar-refractivity contribution in [2.45, 2.75) is 38.0 Å². The van der Waals surface area contributed by atoms with Crippen LogP contribution >= 0.6 is 0 Å². The van der Waals surface area contributed by atoms with Gasteiger partial charge in [0.25, 0.3) is 5.91 Å². The molecule has 0 spiro atoms. The first-order valence-electron chi connectivity index (χ1n) is 12.1. The summed E-state index contributed by atoms with van der Waals surface area (Å²) in [6.07, 6.45) is -5.89. The molecule has 5 rings (SSSR count). The molecule has 39 heavy (non-hydrogen) atoms. The lowest BCUT2D eigenvalue weighted by atomic mass is 10.0. The Kier molecular flexibility index (Phi) is 6.74. The van der Waals surface area contributed by atoms with Gasteiger partial charge < -0.3 is 20.7 Å². The zero-order valence-corrected chi connectivity index (χ0v) is 20.7. The van der Waals surface area contributed by atoms with E-state index in [1.54, 1.807) is 30.3 Å². The average Bonchev–Trinajstić information content (AvgIpc) is 3.30. The number of hydrogen-bond acceptors (Lipinski definition) is 7. The highest BCUT2D eigenvalue weighted by atomic mass is 19.4. The zero-order chi connectivity index (χ0) is 27.9. The Balaban J connectivity index is 1.42. The highest BCUT2D eigenvalue weighted by molar-refractivity contribution is 5.98. The molecule has 9 nitrogen and oxygen atoms in total. The third-order valence-corrected chi connectivity index (χ3v) is 6.67. The number of nitrogens with zero attached hydrogens (tertiary/aromatic N) is 4. The van der Waals surface area contributed by atoms with Crippen molar-refractivity contribution in [3.63, 3.8) is 0 Å². The molecule has 2 atom stereocenters. The van der Waals surface area contributed by atoms with Crippen molar-refractivity contribution in [1.82, 2.24) is 15.3 Å². The number of carbonyl (C=O) groups excluding carboxylic acids is 2. The Morgan fingerprint density at radius 1 is 1.18 bits per heavy atom. The molecular formula is C26H24F4N6O3. The molecule has 204 valence electrons. The highest BCUT2D eigenvalue weighted by Crippen LogP contribution is 2.39. The molecule has 0 aliphatic carbocycles. The molecule has 13 heteroatoms. The third-order valence-electron chi connectivity index (χ3n) is 6.67. The van der Waals surface area contributed by atoms with Crippen LogP contribution in [0.5, 0.6) is 5.75 Å². The van der Waals surface area contributed by atoms with Gasteiger partial charge in [0.05, 0.1) is 17.4 Å². The monoisotopic (exact) mass is 544 g/mol. The van der Waals surface area contributed by atoms with Gasteiger partial charge >= 0.3 is 12.3 Å². The lowest BCUT2D eigenvalue weighted by molar-refractivity contribution is -0.153. The second kappa shape index (κ2) is 10.0. The number of carbonyl (C=O) groups is 2. The summed E-state index contributed by atoms with van der Waals surface area (Å²) in [5.74, 6) is -1.78. The van der Waals surface area contributed by atoms with Gasteiger partial charge in [-0.15, -0.1) is 0 Å². The van der Waals surface area contributed by atoms with Crippen LogP contribution in [0.4, 0.5) is 39.7 Å². The minimum Gasteiger partial charge on any atom is -0.410 e. The second-order valence-corrected chi connectivity index (χ2v) is 9.36. The summed E-state index contributed by atoms with van der Waals surface area (Å²) in [4.78, 5) is 37.4. The number of para-hydroxylation sites is 1. The van der Waals surface area contributed by atoms with Gasteiger partial charge in [0.1, 0.15) is 29.1 Å². The molecule has 2 aliphatic rings. The fraction of sp³-hybridized carbons (Fsp3) is 0.308. The first kappa shape index (κ1) is 26.2. The van der Waals surface area contributed by atoms with Crippen LogP contribution in [0.2, 0.25) is 0 Å². The van der Waals surface area contributed by atoms with Crippen LogP contribution in [-0.4, -0.2) is 53.3 Å². The number of nitrogens with one attached hydrogen (secondary N) is 1. The average molecular weight is 545 g/mol. The van der Waals surface area contributed by atoms with E-state index in [1.165, 1.54) is 24.0 Å². The maximum Gasteiger partial charge on any atom is 0.421 e. The molecule has 3 N–H and O–H groups in total. The van der Waals surface area contributed by atoms with Crippen LogP contribution in [-0.2, 0) is 6.42 Å². The summed E-state index contributed by atoms with van der Waals surface area (Å²) in [6, 6.07) is 9.51. The van der Waals surface area contributed by atoms with Gasteiger partial charge in [0, 0.05) is 19.5 Å². The molecule has 0 unspecified atom stereocenters. The van der Waals surface area contributed by atoms with Gasteiger partial charge in [0.15, 0.2) is 5.82 Å². The maximum atomic E-state index is 14.5. The topological polar surface area (TPSA) is 114 Å². The van der Waals surface area contributed by atoms with Crippen molar-refractivity contribution in [1.29, 1.82) is 0 Å². The van der Waals surface area contributed by atoms with Crippen LogP contribution < -0.4 is 25.6 Å². The minimum absolute atomic E-state index is 0.115. The number of amides is 2. The van der Waals surface area contributed by atoms with Crippen LogP contribution in [0, 0.1) is 12.7 Å². The largest absolute Gasteiger partial charge is 0.421 e. The first-order chi connectivity index (χ1) is 18.5. The van der Waals surface area contributed by atoms with Crippen LogP contribution in [0.3, 0.4) is 0 Å². The van der Waals surface area contributed by atoms with E-state index in [9.17, 15) is 27.2 Å². The van der Waals surface area contributed by atoms with Crippen molar-refractivity contribution in [2.75, 3.05) is 28.6 Å².